The second-order valence-electron chi connectivity index (χ2n) is 5.43. The first kappa shape index (κ1) is 11.3. The lowest BCUT2D eigenvalue weighted by Crippen LogP contribution is -2.60. The molecule has 94 valence electrons. The van der Waals surface area contributed by atoms with E-state index in [-0.39, 0.29) is 5.91 Å². The molecular formula is C14H16N2O2. The molecule has 1 aliphatic heterocycles. The van der Waals surface area contributed by atoms with Gasteiger partial charge in [-0.1, -0.05) is 12.1 Å². The molecule has 1 aliphatic carbocycles. The van der Waals surface area contributed by atoms with Crippen LogP contribution in [-0.2, 0) is 9.59 Å². The Morgan fingerprint density at radius 3 is 2.39 bits per heavy atom. The first-order valence-corrected chi connectivity index (χ1v) is 6.24. The van der Waals surface area contributed by atoms with Gasteiger partial charge in [-0.3, -0.25) is 14.5 Å². The van der Waals surface area contributed by atoms with Crippen LogP contribution in [-0.4, -0.2) is 23.9 Å². The van der Waals surface area contributed by atoms with Crippen LogP contribution in [0.3, 0.4) is 0 Å². The lowest BCUT2D eigenvalue weighted by atomic mass is 9.95. The fourth-order valence-electron chi connectivity index (χ4n) is 2.56. The summed E-state index contributed by atoms with van der Waals surface area (Å²) in [6.07, 6.45) is 2.86. The van der Waals surface area contributed by atoms with Gasteiger partial charge in [-0.15, -0.1) is 0 Å². The van der Waals surface area contributed by atoms with Crippen LogP contribution in [0.4, 0.5) is 11.4 Å². The molecule has 1 aromatic rings. The lowest BCUT2D eigenvalue weighted by molar-refractivity contribution is -0.125. The van der Waals surface area contributed by atoms with E-state index in [4.69, 9.17) is 0 Å². The van der Waals surface area contributed by atoms with E-state index in [9.17, 15) is 9.59 Å². The molecule has 0 radical (unpaired) electrons. The van der Waals surface area contributed by atoms with Crippen LogP contribution in [0.25, 0.3) is 0 Å². The van der Waals surface area contributed by atoms with Gasteiger partial charge in [-0.2, -0.15) is 0 Å². The summed E-state index contributed by atoms with van der Waals surface area (Å²) in [6.45, 7) is 3.60. The molecule has 4 heteroatoms. The molecule has 2 aliphatic rings. The summed E-state index contributed by atoms with van der Waals surface area (Å²) in [5.74, 6) is 0.0100. The predicted molar refractivity (Wildman–Crippen MR) is 69.6 cm³/mol. The van der Waals surface area contributed by atoms with E-state index in [1.165, 1.54) is 4.90 Å². The number of para-hydroxylation sites is 2. The minimum atomic E-state index is -0.807. The van der Waals surface area contributed by atoms with Gasteiger partial charge in [0.15, 0.2) is 0 Å². The Morgan fingerprint density at radius 1 is 1.22 bits per heavy atom. The quantitative estimate of drug-likeness (QED) is 0.746. The molecule has 18 heavy (non-hydrogen) atoms. The topological polar surface area (TPSA) is 40.6 Å². The highest BCUT2D eigenvalue weighted by Crippen LogP contribution is 2.44. The van der Waals surface area contributed by atoms with Crippen molar-refractivity contribution in [3.8, 4) is 0 Å². The van der Waals surface area contributed by atoms with Gasteiger partial charge < -0.3 is 4.90 Å². The number of hydrogen-bond donors (Lipinski definition) is 0. The predicted octanol–water partition coefficient (Wildman–Crippen LogP) is 1.94. The Kier molecular flexibility index (Phi) is 2.24. The molecule has 1 heterocycles. The monoisotopic (exact) mass is 244 g/mol. The normalized spacial score (nSPS) is 21.8. The van der Waals surface area contributed by atoms with E-state index in [0.717, 1.165) is 30.6 Å². The Hall–Kier alpha value is -1.84. The van der Waals surface area contributed by atoms with Crippen molar-refractivity contribution in [1.29, 1.82) is 0 Å². The van der Waals surface area contributed by atoms with Crippen LogP contribution in [0.2, 0.25) is 0 Å². The maximum absolute atomic E-state index is 12.6. The highest BCUT2D eigenvalue weighted by Gasteiger charge is 2.48. The number of anilines is 2. The van der Waals surface area contributed by atoms with Crippen LogP contribution in [0, 0.1) is 0 Å². The molecule has 0 saturated heterocycles. The molecule has 0 atom stereocenters. The molecule has 1 fully saturated rings. The Morgan fingerprint density at radius 2 is 1.83 bits per heavy atom. The Balaban J connectivity index is 2.20. The highest BCUT2D eigenvalue weighted by molar-refractivity contribution is 6.12. The minimum absolute atomic E-state index is 0.0100. The zero-order valence-corrected chi connectivity index (χ0v) is 10.6. The number of benzene rings is 1. The van der Waals surface area contributed by atoms with Crippen molar-refractivity contribution in [3.63, 3.8) is 0 Å². The van der Waals surface area contributed by atoms with Gasteiger partial charge in [0.1, 0.15) is 5.54 Å². The number of hydrogen-bond acceptors (Lipinski definition) is 2. The second kappa shape index (κ2) is 3.57. The van der Waals surface area contributed by atoms with Crippen molar-refractivity contribution >= 4 is 23.7 Å². The molecular weight excluding hydrogens is 228 g/mol. The van der Waals surface area contributed by atoms with Gasteiger partial charge in [-0.25, -0.2) is 0 Å². The van der Waals surface area contributed by atoms with Crippen LogP contribution in [0.5, 0.6) is 0 Å². The van der Waals surface area contributed by atoms with E-state index in [2.05, 4.69) is 0 Å². The van der Waals surface area contributed by atoms with Gasteiger partial charge in [-0.05, 0) is 38.8 Å². The van der Waals surface area contributed by atoms with Gasteiger partial charge in [0.05, 0.1) is 11.4 Å². The first-order valence-electron chi connectivity index (χ1n) is 6.24. The van der Waals surface area contributed by atoms with Crippen molar-refractivity contribution in [3.05, 3.63) is 24.3 Å². The van der Waals surface area contributed by atoms with Crippen LogP contribution in [0.1, 0.15) is 26.7 Å². The molecule has 2 amide bonds. The van der Waals surface area contributed by atoms with E-state index in [1.807, 2.05) is 29.2 Å². The van der Waals surface area contributed by atoms with E-state index in [1.54, 1.807) is 13.8 Å². The lowest BCUT2D eigenvalue weighted by Gasteiger charge is -2.45. The van der Waals surface area contributed by atoms with E-state index < -0.39 is 5.54 Å². The zero-order chi connectivity index (χ0) is 12.9. The summed E-state index contributed by atoms with van der Waals surface area (Å²) in [5, 5.41) is 0. The summed E-state index contributed by atoms with van der Waals surface area (Å²) in [5.41, 5.74) is 0.874. The van der Waals surface area contributed by atoms with E-state index >= 15 is 0 Å². The van der Waals surface area contributed by atoms with Crippen molar-refractivity contribution < 1.29 is 9.59 Å². The van der Waals surface area contributed by atoms with E-state index in [0.29, 0.717) is 6.04 Å². The zero-order valence-electron chi connectivity index (χ0n) is 10.6. The molecule has 4 nitrogen and oxygen atoms in total. The molecule has 0 unspecified atom stereocenters. The summed E-state index contributed by atoms with van der Waals surface area (Å²) in [7, 11) is 0. The van der Waals surface area contributed by atoms with Crippen molar-refractivity contribution in [1.82, 2.24) is 0 Å². The fraction of sp³-hybridized carbons (Fsp3) is 0.429. The smallest absolute Gasteiger partial charge is 0.253 e. The van der Waals surface area contributed by atoms with Gasteiger partial charge >= 0.3 is 0 Å². The number of carbonyl (C=O) groups is 2. The summed E-state index contributed by atoms with van der Waals surface area (Å²) < 4.78 is 0. The standard InChI is InChI=1S/C14H16N2O2/c1-14(2)13(18)16(10-7-8-10)12-6-4-3-5-11(12)15(14)9-17/h3-6,9-10H,7-8H2,1-2H3. The second-order valence-corrected chi connectivity index (χ2v) is 5.43. The third-order valence-electron chi connectivity index (χ3n) is 3.76. The third-order valence-corrected chi connectivity index (χ3v) is 3.76. The van der Waals surface area contributed by atoms with Crippen LogP contribution < -0.4 is 9.80 Å². The molecule has 0 bridgehead atoms. The molecule has 1 aromatic carbocycles. The number of fused-ring (bicyclic) bond motifs is 1. The summed E-state index contributed by atoms with van der Waals surface area (Å²) in [4.78, 5) is 27.3. The molecule has 3 rings (SSSR count). The first-order chi connectivity index (χ1) is 8.57. The largest absolute Gasteiger partial charge is 0.305 e. The van der Waals surface area contributed by atoms with Crippen LogP contribution in [0.15, 0.2) is 24.3 Å². The third kappa shape index (κ3) is 1.38. The minimum Gasteiger partial charge on any atom is -0.305 e. The number of nitrogens with zero attached hydrogens (tertiary/aromatic N) is 2. The number of carbonyl (C=O) groups excluding carboxylic acids is 2. The Bertz CT molecular complexity index is 505. The average Bonchev–Trinajstić information content (AvgIpc) is 3.15. The Labute approximate surface area is 106 Å². The highest BCUT2D eigenvalue weighted by atomic mass is 16.2. The molecule has 0 N–H and O–H groups in total. The SMILES string of the molecule is CC1(C)C(=O)N(C2CC2)c2ccccc2N1C=O. The fourth-order valence-corrected chi connectivity index (χ4v) is 2.56. The van der Waals surface area contributed by atoms with Crippen molar-refractivity contribution in [2.45, 2.75) is 38.3 Å². The molecule has 0 aromatic heterocycles. The number of amides is 2. The number of rotatable bonds is 2. The summed E-state index contributed by atoms with van der Waals surface area (Å²) in [6, 6.07) is 7.92. The van der Waals surface area contributed by atoms with Crippen molar-refractivity contribution in [2.24, 2.45) is 0 Å². The molecule has 1 saturated carbocycles. The maximum Gasteiger partial charge on any atom is 0.253 e. The van der Waals surface area contributed by atoms with Gasteiger partial charge in [0.2, 0.25) is 6.41 Å². The molecule has 0 spiro atoms. The van der Waals surface area contributed by atoms with Gasteiger partial charge in [0.25, 0.3) is 5.91 Å². The summed E-state index contributed by atoms with van der Waals surface area (Å²) >= 11 is 0. The van der Waals surface area contributed by atoms with Crippen LogP contribution >= 0.6 is 0 Å². The van der Waals surface area contributed by atoms with Gasteiger partial charge in [0, 0.05) is 6.04 Å². The average molecular weight is 244 g/mol. The van der Waals surface area contributed by atoms with Crippen molar-refractivity contribution in [2.75, 3.05) is 9.80 Å². The maximum atomic E-state index is 12.6.